The number of methoxy groups -OCH3 is 2. The molecule has 0 aliphatic carbocycles. The van der Waals surface area contributed by atoms with Crippen molar-refractivity contribution >= 4 is 27.5 Å². The van der Waals surface area contributed by atoms with Gasteiger partial charge in [0, 0.05) is 19.2 Å². The molecule has 0 aliphatic heterocycles. The molecule has 0 unspecified atom stereocenters. The summed E-state index contributed by atoms with van der Waals surface area (Å²) in [6, 6.07) is 19.9. The zero-order chi connectivity index (χ0) is 29.3. The van der Waals surface area contributed by atoms with Gasteiger partial charge < -0.3 is 19.7 Å². The summed E-state index contributed by atoms with van der Waals surface area (Å²) in [6.45, 7) is 5.48. The van der Waals surface area contributed by atoms with Gasteiger partial charge in [0.15, 0.2) is 11.5 Å². The Hall–Kier alpha value is -4.05. The van der Waals surface area contributed by atoms with E-state index in [1.54, 1.807) is 38.1 Å². The number of anilines is 1. The molecule has 0 spiro atoms. The Bertz CT molecular complexity index is 1390. The van der Waals surface area contributed by atoms with E-state index in [0.29, 0.717) is 24.4 Å². The lowest BCUT2D eigenvalue weighted by molar-refractivity contribution is -0.138. The van der Waals surface area contributed by atoms with Crippen molar-refractivity contribution in [3.05, 3.63) is 83.9 Å². The van der Waals surface area contributed by atoms with Crippen LogP contribution in [0.1, 0.15) is 25.0 Å². The summed E-state index contributed by atoms with van der Waals surface area (Å²) >= 11 is 0. The maximum atomic E-state index is 14.0. The van der Waals surface area contributed by atoms with Crippen LogP contribution in [-0.4, -0.2) is 65.0 Å². The summed E-state index contributed by atoms with van der Waals surface area (Å²) in [5.74, 6) is -0.191. The number of ether oxygens (including phenoxy) is 2. The molecular weight excluding hydrogens is 530 g/mol. The second kappa shape index (κ2) is 13.8. The number of sulfonamides is 1. The molecule has 0 aromatic heterocycles. The maximum Gasteiger partial charge on any atom is 0.264 e. The molecule has 0 bridgehead atoms. The average Bonchev–Trinajstić information content (AvgIpc) is 2.96. The van der Waals surface area contributed by atoms with Gasteiger partial charge in [-0.2, -0.15) is 0 Å². The van der Waals surface area contributed by atoms with Crippen LogP contribution in [0.15, 0.2) is 77.7 Å². The van der Waals surface area contributed by atoms with Gasteiger partial charge in [0.25, 0.3) is 10.0 Å². The first-order valence-electron chi connectivity index (χ1n) is 13.0. The van der Waals surface area contributed by atoms with Gasteiger partial charge in [0.2, 0.25) is 11.8 Å². The topological polar surface area (TPSA) is 105 Å². The van der Waals surface area contributed by atoms with Gasteiger partial charge in [-0.1, -0.05) is 48.0 Å². The highest BCUT2D eigenvalue weighted by Gasteiger charge is 2.32. The van der Waals surface area contributed by atoms with Crippen LogP contribution in [0.4, 0.5) is 5.69 Å². The second-order valence-electron chi connectivity index (χ2n) is 9.26. The molecule has 214 valence electrons. The predicted molar refractivity (Wildman–Crippen MR) is 155 cm³/mol. The molecular formula is C30H37N3O6S. The number of rotatable bonds is 13. The first kappa shape index (κ1) is 30.5. The van der Waals surface area contributed by atoms with Crippen LogP contribution in [0.25, 0.3) is 0 Å². The minimum absolute atomic E-state index is 0.0638. The number of amides is 2. The molecule has 1 N–H and O–H groups in total. The lowest BCUT2D eigenvalue weighted by Gasteiger charge is -2.32. The molecule has 0 saturated carbocycles. The third kappa shape index (κ3) is 7.32. The molecule has 1 atom stereocenters. The average molecular weight is 568 g/mol. The van der Waals surface area contributed by atoms with Crippen molar-refractivity contribution in [3.8, 4) is 11.5 Å². The zero-order valence-electron chi connectivity index (χ0n) is 23.6. The Morgan fingerprint density at radius 2 is 1.57 bits per heavy atom. The zero-order valence-corrected chi connectivity index (χ0v) is 24.4. The van der Waals surface area contributed by atoms with Crippen molar-refractivity contribution in [3.63, 3.8) is 0 Å². The van der Waals surface area contributed by atoms with Crippen LogP contribution in [0, 0.1) is 6.92 Å². The Morgan fingerprint density at radius 3 is 2.17 bits per heavy atom. The van der Waals surface area contributed by atoms with Crippen LogP contribution in [0.5, 0.6) is 11.5 Å². The van der Waals surface area contributed by atoms with Gasteiger partial charge in [-0.25, -0.2) is 8.42 Å². The first-order valence-corrected chi connectivity index (χ1v) is 14.5. The van der Waals surface area contributed by atoms with Gasteiger partial charge in [-0.3, -0.25) is 13.9 Å². The number of hydrogen-bond acceptors (Lipinski definition) is 6. The summed E-state index contributed by atoms with van der Waals surface area (Å²) in [7, 11) is -1.35. The molecule has 0 aliphatic rings. The van der Waals surface area contributed by atoms with Crippen LogP contribution >= 0.6 is 0 Å². The summed E-state index contributed by atoms with van der Waals surface area (Å²) < 4.78 is 39.7. The van der Waals surface area contributed by atoms with E-state index < -0.39 is 28.5 Å². The van der Waals surface area contributed by atoms with Gasteiger partial charge in [-0.05, 0) is 57.0 Å². The van der Waals surface area contributed by atoms with E-state index in [9.17, 15) is 18.0 Å². The highest BCUT2D eigenvalue weighted by atomic mass is 32.2. The van der Waals surface area contributed by atoms with Crippen molar-refractivity contribution in [1.29, 1.82) is 0 Å². The Labute approximate surface area is 236 Å². The highest BCUT2D eigenvalue weighted by Crippen LogP contribution is 2.32. The molecule has 0 heterocycles. The minimum Gasteiger partial charge on any atom is -0.493 e. The Kier molecular flexibility index (Phi) is 10.6. The van der Waals surface area contributed by atoms with E-state index >= 15 is 0 Å². The van der Waals surface area contributed by atoms with Crippen molar-refractivity contribution in [2.24, 2.45) is 0 Å². The first-order chi connectivity index (χ1) is 19.1. The summed E-state index contributed by atoms with van der Waals surface area (Å²) in [4.78, 5) is 28.0. The fourth-order valence-electron chi connectivity index (χ4n) is 4.24. The number of carbonyl (C=O) groups is 2. The van der Waals surface area contributed by atoms with E-state index in [1.165, 1.54) is 37.3 Å². The number of likely N-dealkylation sites (N-methyl/N-ethyl adjacent to an activating group) is 1. The third-order valence-electron chi connectivity index (χ3n) is 6.55. The number of nitrogens with zero attached hydrogens (tertiary/aromatic N) is 2. The maximum absolute atomic E-state index is 14.0. The van der Waals surface area contributed by atoms with E-state index in [2.05, 4.69) is 5.32 Å². The van der Waals surface area contributed by atoms with Crippen LogP contribution in [0.2, 0.25) is 0 Å². The minimum atomic E-state index is -4.23. The van der Waals surface area contributed by atoms with Crippen LogP contribution in [-0.2, 0) is 26.0 Å². The van der Waals surface area contributed by atoms with Crippen molar-refractivity contribution in [1.82, 2.24) is 10.2 Å². The molecule has 3 aromatic rings. The molecule has 3 rings (SSSR count). The fraction of sp³-hybridized carbons (Fsp3) is 0.333. The van der Waals surface area contributed by atoms with Gasteiger partial charge in [0.05, 0.1) is 24.8 Å². The van der Waals surface area contributed by atoms with Crippen LogP contribution in [0.3, 0.4) is 0 Å². The molecule has 2 amide bonds. The van der Waals surface area contributed by atoms with E-state index in [0.717, 1.165) is 15.4 Å². The Morgan fingerprint density at radius 1 is 0.925 bits per heavy atom. The number of carbonyl (C=O) groups excluding carboxylic acids is 2. The molecule has 0 radical (unpaired) electrons. The summed E-state index contributed by atoms with van der Waals surface area (Å²) in [6.07, 6.45) is 0.503. The molecule has 0 saturated heterocycles. The number of benzene rings is 3. The van der Waals surface area contributed by atoms with Gasteiger partial charge in [0.1, 0.15) is 12.6 Å². The van der Waals surface area contributed by atoms with Crippen molar-refractivity contribution in [2.75, 3.05) is 38.2 Å². The number of aryl methyl sites for hydroxylation is 1. The van der Waals surface area contributed by atoms with E-state index in [4.69, 9.17) is 9.47 Å². The fourth-order valence-corrected chi connectivity index (χ4v) is 5.67. The van der Waals surface area contributed by atoms with Crippen molar-refractivity contribution in [2.45, 2.75) is 38.1 Å². The third-order valence-corrected chi connectivity index (χ3v) is 8.32. The molecule has 10 heteroatoms. The lowest BCUT2D eigenvalue weighted by Crippen LogP contribution is -2.52. The van der Waals surface area contributed by atoms with Gasteiger partial charge >= 0.3 is 0 Å². The summed E-state index contributed by atoms with van der Waals surface area (Å²) in [5.41, 5.74) is 2.26. The molecule has 9 nitrogen and oxygen atoms in total. The van der Waals surface area contributed by atoms with E-state index in [-0.39, 0.29) is 23.1 Å². The highest BCUT2D eigenvalue weighted by molar-refractivity contribution is 7.92. The summed E-state index contributed by atoms with van der Waals surface area (Å²) in [5, 5.41) is 2.76. The quantitative estimate of drug-likeness (QED) is 0.337. The monoisotopic (exact) mass is 567 g/mol. The molecule has 0 fully saturated rings. The van der Waals surface area contributed by atoms with Gasteiger partial charge in [-0.15, -0.1) is 0 Å². The lowest BCUT2D eigenvalue weighted by atomic mass is 10.1. The molecule has 40 heavy (non-hydrogen) atoms. The number of nitrogens with one attached hydrogen (secondary N) is 1. The Balaban J connectivity index is 2.01. The smallest absolute Gasteiger partial charge is 0.264 e. The predicted octanol–water partition coefficient (Wildman–Crippen LogP) is 3.80. The normalized spacial score (nSPS) is 11.8. The standard InChI is InChI=1S/C30H37N3O6S/c1-6-31-30(35)23(3)32(19-18-24-10-8-7-9-11-24)29(34)21-33(25-14-12-22(2)13-15-25)40(36,37)26-16-17-27(38-4)28(20-26)39-5/h7-17,20,23H,6,18-19,21H2,1-5H3,(H,31,35)/t23-/m0/s1. The SMILES string of the molecule is CCNC(=O)[C@H](C)N(CCc1ccccc1)C(=O)CN(c1ccc(C)cc1)S(=O)(=O)c1ccc(OC)c(OC)c1. The van der Waals surface area contributed by atoms with Crippen LogP contribution < -0.4 is 19.1 Å². The molecule has 3 aromatic carbocycles. The largest absolute Gasteiger partial charge is 0.493 e. The van der Waals surface area contributed by atoms with E-state index in [1.807, 2.05) is 37.3 Å². The number of hydrogen-bond donors (Lipinski definition) is 1. The second-order valence-corrected chi connectivity index (χ2v) is 11.1. The van der Waals surface area contributed by atoms with Crippen molar-refractivity contribution < 1.29 is 27.5 Å².